The fourth-order valence-electron chi connectivity index (χ4n) is 4.11. The number of carbonyl (C=O) groups excluding carboxylic acids is 1. The van der Waals surface area contributed by atoms with E-state index in [0.717, 1.165) is 0 Å². The molecule has 1 aliphatic rings. The van der Waals surface area contributed by atoms with Gasteiger partial charge in [-0.2, -0.15) is 0 Å². The molecule has 2 nitrogen and oxygen atoms in total. The van der Waals surface area contributed by atoms with Gasteiger partial charge in [0.05, 0.1) is 5.41 Å². The van der Waals surface area contributed by atoms with Gasteiger partial charge in [-0.05, 0) is 39.5 Å². The molecule has 0 aromatic carbocycles. The summed E-state index contributed by atoms with van der Waals surface area (Å²) < 4.78 is 0. The maximum Gasteiger partial charge on any atom is 0.230 e. The SMILES string of the molecule is CC(C)N(C(=O)C(C(C)C)(C(C)C)C1C=CC=C1)C(C)C.[Y]. The second kappa shape index (κ2) is 8.78. The molecule has 0 spiro atoms. The minimum absolute atomic E-state index is 0. The van der Waals surface area contributed by atoms with E-state index in [0.29, 0.717) is 17.7 Å². The van der Waals surface area contributed by atoms with Crippen LogP contribution in [0, 0.1) is 23.2 Å². The average Bonchev–Trinajstić information content (AvgIpc) is 2.81. The molecular weight excluding hydrogens is 347 g/mol. The van der Waals surface area contributed by atoms with Gasteiger partial charge in [-0.3, -0.25) is 4.79 Å². The van der Waals surface area contributed by atoms with Gasteiger partial charge in [0.2, 0.25) is 5.91 Å². The molecule has 0 heterocycles. The molecule has 1 amide bonds. The van der Waals surface area contributed by atoms with E-state index in [4.69, 9.17) is 0 Å². The number of nitrogens with zero attached hydrogens (tertiary/aromatic N) is 1. The van der Waals surface area contributed by atoms with Crippen LogP contribution in [-0.4, -0.2) is 22.9 Å². The van der Waals surface area contributed by atoms with Crippen LogP contribution in [0.5, 0.6) is 0 Å². The third-order valence-electron chi connectivity index (χ3n) is 4.93. The monoisotopic (exact) mass is 380 g/mol. The number of carbonyl (C=O) groups is 1. The van der Waals surface area contributed by atoms with Crippen molar-refractivity contribution in [3.8, 4) is 0 Å². The Hall–Kier alpha value is 0.0539. The molecule has 1 radical (unpaired) electrons. The van der Waals surface area contributed by atoms with Crippen LogP contribution in [0.15, 0.2) is 24.3 Å². The van der Waals surface area contributed by atoms with Crippen molar-refractivity contribution >= 4 is 5.91 Å². The predicted molar refractivity (Wildman–Crippen MR) is 91.0 cm³/mol. The van der Waals surface area contributed by atoms with Gasteiger partial charge in [0, 0.05) is 50.7 Å². The minimum Gasteiger partial charge on any atom is -0.337 e. The van der Waals surface area contributed by atoms with Gasteiger partial charge >= 0.3 is 0 Å². The third-order valence-corrected chi connectivity index (χ3v) is 4.93. The van der Waals surface area contributed by atoms with Crippen LogP contribution in [0.25, 0.3) is 0 Å². The van der Waals surface area contributed by atoms with E-state index in [1.807, 2.05) is 0 Å². The first kappa shape index (κ1) is 22.1. The van der Waals surface area contributed by atoms with Gasteiger partial charge in [-0.25, -0.2) is 0 Å². The van der Waals surface area contributed by atoms with Crippen molar-refractivity contribution in [2.45, 2.75) is 67.5 Å². The Labute approximate surface area is 162 Å². The number of hydrogen-bond donors (Lipinski definition) is 0. The van der Waals surface area contributed by atoms with E-state index in [9.17, 15) is 4.79 Å². The Morgan fingerprint density at radius 3 is 1.50 bits per heavy atom. The van der Waals surface area contributed by atoms with Gasteiger partial charge in [-0.15, -0.1) is 0 Å². The van der Waals surface area contributed by atoms with Crippen LogP contribution in [0.3, 0.4) is 0 Å². The van der Waals surface area contributed by atoms with Crippen LogP contribution in [-0.2, 0) is 37.5 Å². The summed E-state index contributed by atoms with van der Waals surface area (Å²) in [5.74, 6) is 1.09. The molecule has 0 saturated carbocycles. The van der Waals surface area contributed by atoms with E-state index >= 15 is 0 Å². The zero-order valence-corrected chi connectivity index (χ0v) is 18.5. The summed E-state index contributed by atoms with van der Waals surface area (Å²) in [7, 11) is 0. The van der Waals surface area contributed by atoms with Crippen molar-refractivity contribution in [1.29, 1.82) is 0 Å². The molecule has 22 heavy (non-hydrogen) atoms. The predicted octanol–water partition coefficient (Wildman–Crippen LogP) is 4.67. The van der Waals surface area contributed by atoms with E-state index < -0.39 is 0 Å². The van der Waals surface area contributed by atoms with Crippen LogP contribution >= 0.6 is 0 Å². The van der Waals surface area contributed by atoms with Crippen molar-refractivity contribution in [1.82, 2.24) is 4.90 Å². The second-order valence-corrected chi connectivity index (χ2v) is 7.44. The molecule has 0 N–H and O–H groups in total. The Balaban J connectivity index is 0.00000441. The Bertz CT molecular complexity index is 393. The maximum absolute atomic E-state index is 13.6. The first-order valence-corrected chi connectivity index (χ1v) is 8.35. The van der Waals surface area contributed by atoms with Crippen molar-refractivity contribution in [3.63, 3.8) is 0 Å². The Morgan fingerprint density at radius 2 is 1.23 bits per heavy atom. The molecule has 0 bridgehead atoms. The number of hydrogen-bond acceptors (Lipinski definition) is 1. The summed E-state index contributed by atoms with van der Waals surface area (Å²) in [5, 5.41) is 0. The van der Waals surface area contributed by atoms with Crippen LogP contribution in [0.1, 0.15) is 55.4 Å². The molecule has 0 aromatic rings. The molecule has 0 aliphatic heterocycles. The van der Waals surface area contributed by atoms with Crippen LogP contribution in [0.4, 0.5) is 0 Å². The van der Waals surface area contributed by atoms with Crippen LogP contribution < -0.4 is 0 Å². The smallest absolute Gasteiger partial charge is 0.230 e. The average molecular weight is 380 g/mol. The third kappa shape index (κ3) is 3.93. The van der Waals surface area contributed by atoms with Gasteiger partial charge in [-0.1, -0.05) is 52.0 Å². The number of allylic oxidation sites excluding steroid dienone is 4. The zero-order valence-electron chi connectivity index (χ0n) is 15.6. The van der Waals surface area contributed by atoms with Crippen molar-refractivity contribution < 1.29 is 37.5 Å². The largest absolute Gasteiger partial charge is 0.337 e. The minimum atomic E-state index is -0.363. The number of amides is 1. The summed E-state index contributed by atoms with van der Waals surface area (Å²) in [6.07, 6.45) is 8.53. The molecule has 0 saturated heterocycles. The normalized spacial score (nSPS) is 15.3. The summed E-state index contributed by atoms with van der Waals surface area (Å²) in [6, 6.07) is 0.451. The van der Waals surface area contributed by atoms with E-state index in [1.54, 1.807) is 0 Å². The first-order chi connectivity index (χ1) is 9.67. The molecule has 123 valence electrons. The standard InChI is InChI=1S/C19H33NO.Y/c1-13(2)19(14(3)4,17-11-9-10-12-17)18(21)20(15(5)6)16(7)8;/h9-17H,1-8H3;. The fraction of sp³-hybridized carbons (Fsp3) is 0.737. The maximum atomic E-state index is 13.6. The first-order valence-electron chi connectivity index (χ1n) is 8.35. The molecule has 0 unspecified atom stereocenters. The quantitative estimate of drug-likeness (QED) is 0.656. The zero-order chi connectivity index (χ0) is 16.4. The van der Waals surface area contributed by atoms with Gasteiger partial charge < -0.3 is 4.90 Å². The van der Waals surface area contributed by atoms with Gasteiger partial charge in [0.15, 0.2) is 0 Å². The number of rotatable bonds is 6. The van der Waals surface area contributed by atoms with E-state index in [1.165, 1.54) is 0 Å². The van der Waals surface area contributed by atoms with E-state index in [2.05, 4.69) is 84.6 Å². The molecule has 3 heteroatoms. The Kier molecular flexibility index (Phi) is 8.80. The molecule has 0 atom stereocenters. The summed E-state index contributed by atoms with van der Waals surface area (Å²) in [5.41, 5.74) is -0.363. The van der Waals surface area contributed by atoms with Crippen molar-refractivity contribution in [2.75, 3.05) is 0 Å². The molecule has 0 fully saturated rings. The van der Waals surface area contributed by atoms with Gasteiger partial charge in [0.25, 0.3) is 0 Å². The molecule has 1 rings (SSSR count). The van der Waals surface area contributed by atoms with E-state index in [-0.39, 0.29) is 56.1 Å². The fourth-order valence-corrected chi connectivity index (χ4v) is 4.11. The summed E-state index contributed by atoms with van der Waals surface area (Å²) in [6.45, 7) is 17.2. The molecule has 0 aromatic heterocycles. The van der Waals surface area contributed by atoms with Crippen molar-refractivity contribution in [3.05, 3.63) is 24.3 Å². The Morgan fingerprint density at radius 1 is 0.864 bits per heavy atom. The second-order valence-electron chi connectivity index (χ2n) is 7.44. The summed E-state index contributed by atoms with van der Waals surface area (Å²) in [4.78, 5) is 15.6. The van der Waals surface area contributed by atoms with Gasteiger partial charge in [0.1, 0.15) is 0 Å². The topological polar surface area (TPSA) is 20.3 Å². The molecule has 1 aliphatic carbocycles. The molecular formula is C19H33NOY. The van der Waals surface area contributed by atoms with Crippen molar-refractivity contribution in [2.24, 2.45) is 23.2 Å². The summed E-state index contributed by atoms with van der Waals surface area (Å²) >= 11 is 0. The van der Waals surface area contributed by atoms with Crippen LogP contribution in [0.2, 0.25) is 0 Å².